The van der Waals surface area contributed by atoms with Crippen LogP contribution < -0.4 is 5.32 Å². The lowest BCUT2D eigenvalue weighted by atomic mass is 9.88. The second-order valence-corrected chi connectivity index (χ2v) is 3.37. The molecule has 2 heteroatoms. The summed E-state index contributed by atoms with van der Waals surface area (Å²) >= 11 is 0. The van der Waals surface area contributed by atoms with E-state index in [2.05, 4.69) is 5.32 Å². The smallest absolute Gasteiger partial charge is 0.142 e. The maximum Gasteiger partial charge on any atom is 0.142 e. The fraction of sp³-hybridized carbons (Fsp3) is 0.778. The molecule has 1 radical (unpaired) electrons. The van der Waals surface area contributed by atoms with E-state index in [0.29, 0.717) is 5.78 Å². The number of carbonyl (C=O) groups excluding carboxylic acids is 1. The second-order valence-electron chi connectivity index (χ2n) is 3.37. The Bertz CT molecular complexity index is 136. The minimum Gasteiger partial charge on any atom is -0.317 e. The van der Waals surface area contributed by atoms with Crippen molar-refractivity contribution in [1.29, 1.82) is 0 Å². The number of hydrogen-bond donors (Lipinski definition) is 1. The Kier molecular flexibility index (Phi) is 3.06. The SMILES string of the molecule is CC(C)C(=O)[C]1CCNCC1. The van der Waals surface area contributed by atoms with Gasteiger partial charge in [0.05, 0.1) is 0 Å². The average Bonchev–Trinajstić information content (AvgIpc) is 2.05. The van der Waals surface area contributed by atoms with Crippen LogP contribution in [0, 0.1) is 11.8 Å². The van der Waals surface area contributed by atoms with Gasteiger partial charge >= 0.3 is 0 Å². The first-order valence-electron chi connectivity index (χ1n) is 4.31. The Labute approximate surface area is 68.4 Å². The van der Waals surface area contributed by atoms with Gasteiger partial charge < -0.3 is 5.32 Å². The molecule has 1 rings (SSSR count). The number of hydrogen-bond acceptors (Lipinski definition) is 2. The summed E-state index contributed by atoms with van der Waals surface area (Å²) in [6, 6.07) is 0. The van der Waals surface area contributed by atoms with Crippen LogP contribution in [-0.4, -0.2) is 18.9 Å². The highest BCUT2D eigenvalue weighted by Crippen LogP contribution is 2.18. The van der Waals surface area contributed by atoms with Gasteiger partial charge in [-0.1, -0.05) is 13.8 Å². The fourth-order valence-electron chi connectivity index (χ4n) is 1.38. The minimum atomic E-state index is 0.183. The third-order valence-electron chi connectivity index (χ3n) is 2.08. The summed E-state index contributed by atoms with van der Waals surface area (Å²) in [5, 5.41) is 3.24. The van der Waals surface area contributed by atoms with E-state index in [-0.39, 0.29) is 5.92 Å². The lowest BCUT2D eigenvalue weighted by molar-refractivity contribution is -0.120. The van der Waals surface area contributed by atoms with E-state index in [9.17, 15) is 4.79 Å². The van der Waals surface area contributed by atoms with Gasteiger partial charge in [0.2, 0.25) is 0 Å². The first kappa shape index (κ1) is 8.72. The van der Waals surface area contributed by atoms with Gasteiger partial charge in [0, 0.05) is 11.8 Å². The maximum absolute atomic E-state index is 11.4. The van der Waals surface area contributed by atoms with Gasteiger partial charge in [-0.05, 0) is 25.9 Å². The summed E-state index contributed by atoms with van der Waals surface area (Å²) in [5.41, 5.74) is 0. The zero-order valence-corrected chi connectivity index (χ0v) is 7.31. The number of ketones is 1. The van der Waals surface area contributed by atoms with Crippen LogP contribution in [0.1, 0.15) is 26.7 Å². The minimum absolute atomic E-state index is 0.183. The van der Waals surface area contributed by atoms with Gasteiger partial charge in [-0.3, -0.25) is 4.79 Å². The number of nitrogens with one attached hydrogen (secondary N) is 1. The molecule has 1 fully saturated rings. The van der Waals surface area contributed by atoms with E-state index >= 15 is 0 Å². The number of rotatable bonds is 2. The molecule has 0 amide bonds. The molecule has 2 nitrogen and oxygen atoms in total. The average molecular weight is 154 g/mol. The summed E-state index contributed by atoms with van der Waals surface area (Å²) < 4.78 is 0. The number of piperidine rings is 1. The molecule has 11 heavy (non-hydrogen) atoms. The van der Waals surface area contributed by atoms with Gasteiger partial charge in [-0.15, -0.1) is 0 Å². The monoisotopic (exact) mass is 154 g/mol. The van der Waals surface area contributed by atoms with Crippen molar-refractivity contribution in [3.8, 4) is 0 Å². The summed E-state index contributed by atoms with van der Waals surface area (Å²) in [5.74, 6) is 1.69. The van der Waals surface area contributed by atoms with Crippen LogP contribution in [0.4, 0.5) is 0 Å². The van der Waals surface area contributed by atoms with Gasteiger partial charge in [0.15, 0.2) is 0 Å². The van der Waals surface area contributed by atoms with Crippen LogP contribution in [0.15, 0.2) is 0 Å². The highest BCUT2D eigenvalue weighted by atomic mass is 16.1. The standard InChI is InChI=1S/C9H16NO/c1-7(2)9(11)8-3-5-10-6-4-8/h7,10H,3-6H2,1-2H3. The Morgan fingerprint density at radius 3 is 2.36 bits per heavy atom. The molecule has 0 atom stereocenters. The van der Waals surface area contributed by atoms with E-state index < -0.39 is 0 Å². The summed E-state index contributed by atoms with van der Waals surface area (Å²) in [7, 11) is 0. The van der Waals surface area contributed by atoms with E-state index in [1.807, 2.05) is 13.8 Å². The van der Waals surface area contributed by atoms with Crippen LogP contribution >= 0.6 is 0 Å². The Balaban J connectivity index is 2.39. The molecule has 0 aromatic heterocycles. The van der Waals surface area contributed by atoms with Crippen molar-refractivity contribution in [3.63, 3.8) is 0 Å². The van der Waals surface area contributed by atoms with Gasteiger partial charge in [0.25, 0.3) is 0 Å². The van der Waals surface area contributed by atoms with Crippen molar-refractivity contribution in [2.24, 2.45) is 5.92 Å². The molecule has 0 spiro atoms. The summed E-state index contributed by atoms with van der Waals surface area (Å²) in [6.45, 7) is 5.90. The van der Waals surface area contributed by atoms with Gasteiger partial charge in [0.1, 0.15) is 5.78 Å². The van der Waals surface area contributed by atoms with Crippen LogP contribution in [0.2, 0.25) is 0 Å². The zero-order chi connectivity index (χ0) is 8.27. The molecule has 0 aromatic rings. The predicted molar refractivity (Wildman–Crippen MR) is 45.2 cm³/mol. The van der Waals surface area contributed by atoms with Crippen LogP contribution in [-0.2, 0) is 4.79 Å². The van der Waals surface area contributed by atoms with Crippen molar-refractivity contribution in [2.75, 3.05) is 13.1 Å². The molecule has 1 saturated heterocycles. The molecule has 1 heterocycles. The molecular weight excluding hydrogens is 138 g/mol. The van der Waals surface area contributed by atoms with Crippen molar-refractivity contribution < 1.29 is 4.79 Å². The first-order valence-corrected chi connectivity index (χ1v) is 4.31. The highest BCUT2D eigenvalue weighted by Gasteiger charge is 2.23. The van der Waals surface area contributed by atoms with Crippen molar-refractivity contribution >= 4 is 5.78 Å². The van der Waals surface area contributed by atoms with Crippen molar-refractivity contribution in [2.45, 2.75) is 26.7 Å². The molecule has 1 N–H and O–H groups in total. The number of carbonyl (C=O) groups is 1. The largest absolute Gasteiger partial charge is 0.317 e. The molecule has 1 aliphatic heterocycles. The third-order valence-corrected chi connectivity index (χ3v) is 2.08. The second kappa shape index (κ2) is 3.86. The molecule has 0 saturated carbocycles. The van der Waals surface area contributed by atoms with E-state index in [4.69, 9.17) is 0 Å². The van der Waals surface area contributed by atoms with Crippen molar-refractivity contribution in [1.82, 2.24) is 5.32 Å². The molecule has 1 aliphatic rings. The summed E-state index contributed by atoms with van der Waals surface area (Å²) in [4.78, 5) is 11.4. The fourth-order valence-corrected chi connectivity index (χ4v) is 1.38. The topological polar surface area (TPSA) is 29.1 Å². The molecule has 63 valence electrons. The predicted octanol–water partition coefficient (Wildman–Crippen LogP) is 1.17. The van der Waals surface area contributed by atoms with Crippen molar-refractivity contribution in [3.05, 3.63) is 5.92 Å². The first-order chi connectivity index (χ1) is 5.22. The molecule has 0 aliphatic carbocycles. The Morgan fingerprint density at radius 1 is 1.36 bits per heavy atom. The third kappa shape index (κ3) is 2.29. The normalized spacial score (nSPS) is 20.6. The Hall–Kier alpha value is -0.370. The molecular formula is C9H16NO. The van der Waals surface area contributed by atoms with E-state index in [1.165, 1.54) is 0 Å². The van der Waals surface area contributed by atoms with Crippen LogP contribution in [0.3, 0.4) is 0 Å². The van der Waals surface area contributed by atoms with Crippen LogP contribution in [0.25, 0.3) is 0 Å². The zero-order valence-electron chi connectivity index (χ0n) is 7.31. The quantitative estimate of drug-likeness (QED) is 0.647. The summed E-state index contributed by atoms with van der Waals surface area (Å²) in [6.07, 6.45) is 1.91. The lowest BCUT2D eigenvalue weighted by Crippen LogP contribution is -2.32. The highest BCUT2D eigenvalue weighted by molar-refractivity contribution is 5.93. The molecule has 0 aromatic carbocycles. The van der Waals surface area contributed by atoms with E-state index in [0.717, 1.165) is 31.8 Å². The van der Waals surface area contributed by atoms with Gasteiger partial charge in [-0.25, -0.2) is 0 Å². The molecule has 0 unspecified atom stereocenters. The molecule has 0 bridgehead atoms. The lowest BCUT2D eigenvalue weighted by Gasteiger charge is -2.21. The Morgan fingerprint density at radius 2 is 1.91 bits per heavy atom. The van der Waals surface area contributed by atoms with Crippen LogP contribution in [0.5, 0.6) is 0 Å². The van der Waals surface area contributed by atoms with E-state index in [1.54, 1.807) is 0 Å². The van der Waals surface area contributed by atoms with Gasteiger partial charge in [-0.2, -0.15) is 0 Å². The number of Topliss-reactive ketones (excluding diaryl/α,β-unsaturated/α-hetero) is 1. The maximum atomic E-state index is 11.4.